The van der Waals surface area contributed by atoms with E-state index in [-0.39, 0.29) is 0 Å². The molecule has 0 amide bonds. The number of ether oxygens (including phenoxy) is 1. The van der Waals surface area contributed by atoms with Gasteiger partial charge in [0, 0.05) is 16.2 Å². The molecule has 0 aliphatic rings. The Morgan fingerprint density at radius 1 is 1.26 bits per heavy atom. The standard InChI is InChI=1S/C15H15BrClNO/c1-10(2)13-7-12(16)4-5-14(13)19-9-11-3-6-15(17)18-8-11/h3-8,10H,9H2,1-2H3. The van der Waals surface area contributed by atoms with Gasteiger partial charge in [-0.1, -0.05) is 47.4 Å². The van der Waals surface area contributed by atoms with E-state index in [0.29, 0.717) is 17.7 Å². The lowest BCUT2D eigenvalue weighted by Crippen LogP contribution is -2.00. The molecule has 100 valence electrons. The highest BCUT2D eigenvalue weighted by Crippen LogP contribution is 2.30. The van der Waals surface area contributed by atoms with Crippen molar-refractivity contribution in [3.63, 3.8) is 0 Å². The number of halogens is 2. The van der Waals surface area contributed by atoms with Gasteiger partial charge >= 0.3 is 0 Å². The molecule has 0 saturated carbocycles. The number of rotatable bonds is 4. The summed E-state index contributed by atoms with van der Waals surface area (Å²) in [6.45, 7) is 4.79. The van der Waals surface area contributed by atoms with Gasteiger partial charge in [0.25, 0.3) is 0 Å². The van der Waals surface area contributed by atoms with Crippen LogP contribution in [-0.4, -0.2) is 4.98 Å². The van der Waals surface area contributed by atoms with E-state index in [9.17, 15) is 0 Å². The Balaban J connectivity index is 2.13. The number of benzene rings is 1. The van der Waals surface area contributed by atoms with Crippen LogP contribution in [-0.2, 0) is 6.61 Å². The lowest BCUT2D eigenvalue weighted by Gasteiger charge is -2.14. The molecule has 0 aliphatic carbocycles. The molecule has 0 fully saturated rings. The van der Waals surface area contributed by atoms with Gasteiger partial charge in [0.05, 0.1) is 0 Å². The van der Waals surface area contributed by atoms with Crippen LogP contribution >= 0.6 is 27.5 Å². The Labute approximate surface area is 126 Å². The van der Waals surface area contributed by atoms with Gasteiger partial charge in [-0.3, -0.25) is 0 Å². The third-order valence-corrected chi connectivity index (χ3v) is 3.49. The van der Waals surface area contributed by atoms with Gasteiger partial charge in [-0.05, 0) is 35.7 Å². The zero-order valence-corrected chi connectivity index (χ0v) is 13.2. The molecule has 19 heavy (non-hydrogen) atoms. The highest BCUT2D eigenvalue weighted by Gasteiger charge is 2.08. The lowest BCUT2D eigenvalue weighted by atomic mass is 10.0. The normalized spacial score (nSPS) is 10.8. The van der Waals surface area contributed by atoms with E-state index in [1.165, 1.54) is 5.56 Å². The number of aromatic nitrogens is 1. The Hall–Kier alpha value is -1.06. The van der Waals surface area contributed by atoms with Crippen LogP contribution in [0.25, 0.3) is 0 Å². The molecule has 1 heterocycles. The number of hydrogen-bond donors (Lipinski definition) is 0. The molecule has 0 spiro atoms. The zero-order chi connectivity index (χ0) is 13.8. The average molecular weight is 341 g/mol. The first-order valence-electron chi connectivity index (χ1n) is 6.09. The maximum absolute atomic E-state index is 5.88. The fraction of sp³-hybridized carbons (Fsp3) is 0.267. The summed E-state index contributed by atoms with van der Waals surface area (Å²) >= 11 is 9.24. The second-order valence-corrected chi connectivity index (χ2v) is 5.92. The van der Waals surface area contributed by atoms with Gasteiger partial charge in [-0.25, -0.2) is 4.98 Å². The van der Waals surface area contributed by atoms with Gasteiger partial charge in [0.15, 0.2) is 0 Å². The molecule has 0 N–H and O–H groups in total. The molecule has 0 bridgehead atoms. The predicted octanol–water partition coefficient (Wildman–Crippen LogP) is 5.20. The predicted molar refractivity (Wildman–Crippen MR) is 81.8 cm³/mol. The van der Waals surface area contributed by atoms with E-state index in [0.717, 1.165) is 15.8 Å². The van der Waals surface area contributed by atoms with E-state index in [1.54, 1.807) is 12.3 Å². The monoisotopic (exact) mass is 339 g/mol. The Morgan fingerprint density at radius 3 is 2.68 bits per heavy atom. The molecule has 1 aromatic heterocycles. The van der Waals surface area contributed by atoms with Crippen LogP contribution in [0.3, 0.4) is 0 Å². The minimum absolute atomic E-state index is 0.413. The van der Waals surface area contributed by atoms with Crippen molar-refractivity contribution in [1.82, 2.24) is 4.98 Å². The van der Waals surface area contributed by atoms with Crippen molar-refractivity contribution in [2.75, 3.05) is 0 Å². The Morgan fingerprint density at radius 2 is 2.05 bits per heavy atom. The average Bonchev–Trinajstić information content (AvgIpc) is 2.39. The van der Waals surface area contributed by atoms with Crippen LogP contribution in [0, 0.1) is 0 Å². The third kappa shape index (κ3) is 3.95. The largest absolute Gasteiger partial charge is 0.489 e. The highest BCUT2D eigenvalue weighted by atomic mass is 79.9. The van der Waals surface area contributed by atoms with E-state index in [2.05, 4.69) is 40.8 Å². The van der Waals surface area contributed by atoms with Crippen LogP contribution in [0.1, 0.15) is 30.9 Å². The van der Waals surface area contributed by atoms with Gasteiger partial charge in [-0.15, -0.1) is 0 Å². The molecule has 1 aromatic carbocycles. The molecule has 0 aliphatic heterocycles. The van der Waals surface area contributed by atoms with E-state index in [1.807, 2.05) is 18.2 Å². The summed E-state index contributed by atoms with van der Waals surface area (Å²) in [6.07, 6.45) is 1.73. The zero-order valence-electron chi connectivity index (χ0n) is 10.9. The summed E-state index contributed by atoms with van der Waals surface area (Å²) < 4.78 is 6.94. The number of nitrogens with zero attached hydrogens (tertiary/aromatic N) is 1. The lowest BCUT2D eigenvalue weighted by molar-refractivity contribution is 0.301. The van der Waals surface area contributed by atoms with Crippen molar-refractivity contribution in [1.29, 1.82) is 0 Å². The highest BCUT2D eigenvalue weighted by molar-refractivity contribution is 9.10. The van der Waals surface area contributed by atoms with Crippen LogP contribution < -0.4 is 4.74 Å². The van der Waals surface area contributed by atoms with Crippen molar-refractivity contribution >= 4 is 27.5 Å². The Kier molecular flexibility index (Phi) is 4.83. The Bertz CT molecular complexity index is 555. The number of hydrogen-bond acceptors (Lipinski definition) is 2. The molecule has 4 heteroatoms. The fourth-order valence-corrected chi connectivity index (χ4v) is 2.25. The summed E-state index contributed by atoms with van der Waals surface area (Å²) in [5.74, 6) is 1.32. The van der Waals surface area contributed by atoms with Crippen LogP contribution in [0.2, 0.25) is 5.15 Å². The van der Waals surface area contributed by atoms with Crippen LogP contribution in [0.4, 0.5) is 0 Å². The van der Waals surface area contributed by atoms with Gasteiger partial charge in [0.2, 0.25) is 0 Å². The second-order valence-electron chi connectivity index (χ2n) is 4.61. The molecule has 2 nitrogen and oxygen atoms in total. The van der Waals surface area contributed by atoms with E-state index in [4.69, 9.17) is 16.3 Å². The minimum Gasteiger partial charge on any atom is -0.489 e. The SMILES string of the molecule is CC(C)c1cc(Br)ccc1OCc1ccc(Cl)nc1. The smallest absolute Gasteiger partial charge is 0.129 e. The molecular weight excluding hydrogens is 326 g/mol. The van der Waals surface area contributed by atoms with Gasteiger partial charge in [0.1, 0.15) is 17.5 Å². The first-order chi connectivity index (χ1) is 9.06. The molecule has 0 saturated heterocycles. The van der Waals surface area contributed by atoms with Crippen LogP contribution in [0.15, 0.2) is 41.0 Å². The molecule has 2 aromatic rings. The summed E-state index contributed by atoms with van der Waals surface area (Å²) in [5, 5.41) is 0.496. The fourth-order valence-electron chi connectivity index (χ4n) is 1.75. The number of pyridine rings is 1. The van der Waals surface area contributed by atoms with Crippen molar-refractivity contribution < 1.29 is 4.74 Å². The van der Waals surface area contributed by atoms with E-state index < -0.39 is 0 Å². The van der Waals surface area contributed by atoms with Crippen molar-refractivity contribution in [2.45, 2.75) is 26.4 Å². The molecular formula is C15H15BrClNO. The maximum Gasteiger partial charge on any atom is 0.129 e. The molecule has 2 rings (SSSR count). The summed E-state index contributed by atoms with van der Waals surface area (Å²) in [6, 6.07) is 9.76. The summed E-state index contributed by atoms with van der Waals surface area (Å²) in [7, 11) is 0. The topological polar surface area (TPSA) is 22.1 Å². The molecule has 0 unspecified atom stereocenters. The van der Waals surface area contributed by atoms with Gasteiger partial charge in [-0.2, -0.15) is 0 Å². The van der Waals surface area contributed by atoms with Crippen molar-refractivity contribution in [3.8, 4) is 5.75 Å². The first-order valence-corrected chi connectivity index (χ1v) is 7.26. The van der Waals surface area contributed by atoms with Crippen LogP contribution in [0.5, 0.6) is 5.75 Å². The third-order valence-electron chi connectivity index (χ3n) is 2.78. The molecule has 0 atom stereocenters. The van der Waals surface area contributed by atoms with E-state index >= 15 is 0 Å². The summed E-state index contributed by atoms with van der Waals surface area (Å²) in [4.78, 5) is 4.04. The first kappa shape index (κ1) is 14.4. The molecule has 0 radical (unpaired) electrons. The second kappa shape index (κ2) is 6.40. The minimum atomic E-state index is 0.413. The quantitative estimate of drug-likeness (QED) is 0.714. The summed E-state index contributed by atoms with van der Waals surface area (Å²) in [5.41, 5.74) is 2.19. The van der Waals surface area contributed by atoms with Crippen molar-refractivity contribution in [2.24, 2.45) is 0 Å². The van der Waals surface area contributed by atoms with Gasteiger partial charge < -0.3 is 4.74 Å². The van der Waals surface area contributed by atoms with Crippen molar-refractivity contribution in [3.05, 3.63) is 57.3 Å². The maximum atomic E-state index is 5.88.